The molecule has 0 amide bonds. The van der Waals surface area contributed by atoms with Crippen LogP contribution in [0.3, 0.4) is 0 Å². The van der Waals surface area contributed by atoms with Gasteiger partial charge < -0.3 is 15.1 Å². The van der Waals surface area contributed by atoms with Crippen molar-refractivity contribution in [3.63, 3.8) is 0 Å². The number of nitrogens with one attached hydrogen (secondary N) is 1. The molecule has 0 bridgehead atoms. The quantitative estimate of drug-likeness (QED) is 0.934. The van der Waals surface area contributed by atoms with Gasteiger partial charge in [-0.1, -0.05) is 25.1 Å². The summed E-state index contributed by atoms with van der Waals surface area (Å²) in [4.78, 5) is 9.24. The molecule has 0 saturated carbocycles. The topological polar surface area (TPSA) is 57.2 Å². The number of piperazine rings is 1. The number of benzene rings is 1. The highest BCUT2D eigenvalue weighted by atomic mass is 15.3. The second kappa shape index (κ2) is 6.91. The van der Waals surface area contributed by atoms with Crippen molar-refractivity contribution in [3.05, 3.63) is 35.5 Å². The SMILES string of the molecule is CCc1cccc(C)c1Nc1nncc(N2CCN(C)CC2)n1. The number of hydrogen-bond donors (Lipinski definition) is 1. The summed E-state index contributed by atoms with van der Waals surface area (Å²) < 4.78 is 0. The van der Waals surface area contributed by atoms with E-state index in [4.69, 9.17) is 0 Å². The molecule has 0 radical (unpaired) electrons. The third-order valence-corrected chi connectivity index (χ3v) is 4.35. The summed E-state index contributed by atoms with van der Waals surface area (Å²) in [7, 11) is 2.15. The summed E-state index contributed by atoms with van der Waals surface area (Å²) in [5.41, 5.74) is 3.55. The largest absolute Gasteiger partial charge is 0.353 e. The van der Waals surface area contributed by atoms with Crippen molar-refractivity contribution in [1.82, 2.24) is 20.1 Å². The van der Waals surface area contributed by atoms with Crippen LogP contribution in [0.1, 0.15) is 18.1 Å². The van der Waals surface area contributed by atoms with Gasteiger partial charge >= 0.3 is 0 Å². The number of rotatable bonds is 4. The Hall–Kier alpha value is -2.21. The molecule has 6 nitrogen and oxygen atoms in total. The zero-order valence-electron chi connectivity index (χ0n) is 14.1. The van der Waals surface area contributed by atoms with Gasteiger partial charge in [-0.15, -0.1) is 5.10 Å². The highest BCUT2D eigenvalue weighted by molar-refractivity contribution is 5.63. The van der Waals surface area contributed by atoms with Crippen molar-refractivity contribution in [2.24, 2.45) is 0 Å². The Balaban J connectivity index is 1.81. The molecule has 0 aliphatic carbocycles. The van der Waals surface area contributed by atoms with Gasteiger partial charge in [0.25, 0.3) is 0 Å². The first-order valence-electron chi connectivity index (χ1n) is 8.16. The Labute approximate surface area is 137 Å². The van der Waals surface area contributed by atoms with E-state index in [1.807, 2.05) is 0 Å². The van der Waals surface area contributed by atoms with Crippen LogP contribution in [-0.4, -0.2) is 53.3 Å². The molecule has 6 heteroatoms. The molecule has 0 atom stereocenters. The molecule has 3 rings (SSSR count). The van der Waals surface area contributed by atoms with Crippen LogP contribution in [0.15, 0.2) is 24.4 Å². The number of hydrogen-bond acceptors (Lipinski definition) is 6. The van der Waals surface area contributed by atoms with Crippen LogP contribution in [0.2, 0.25) is 0 Å². The lowest BCUT2D eigenvalue weighted by atomic mass is 10.1. The molecule has 0 unspecified atom stereocenters. The molecular weight excluding hydrogens is 288 g/mol. The number of anilines is 3. The zero-order chi connectivity index (χ0) is 16.2. The molecule has 1 aliphatic heterocycles. The van der Waals surface area contributed by atoms with Crippen molar-refractivity contribution >= 4 is 17.5 Å². The van der Waals surface area contributed by atoms with Gasteiger partial charge in [0.2, 0.25) is 5.95 Å². The lowest BCUT2D eigenvalue weighted by Gasteiger charge is -2.32. The van der Waals surface area contributed by atoms with E-state index >= 15 is 0 Å². The minimum atomic E-state index is 0.561. The minimum Gasteiger partial charge on any atom is -0.353 e. The van der Waals surface area contributed by atoms with E-state index in [-0.39, 0.29) is 0 Å². The van der Waals surface area contributed by atoms with Gasteiger partial charge in [0, 0.05) is 31.9 Å². The zero-order valence-corrected chi connectivity index (χ0v) is 14.1. The van der Waals surface area contributed by atoms with E-state index < -0.39 is 0 Å². The van der Waals surface area contributed by atoms with E-state index in [1.54, 1.807) is 6.20 Å². The first-order chi connectivity index (χ1) is 11.2. The maximum Gasteiger partial charge on any atom is 0.249 e. The van der Waals surface area contributed by atoms with E-state index in [1.165, 1.54) is 11.1 Å². The predicted molar refractivity (Wildman–Crippen MR) is 93.4 cm³/mol. The maximum absolute atomic E-state index is 4.66. The molecule has 0 spiro atoms. The highest BCUT2D eigenvalue weighted by Gasteiger charge is 2.16. The lowest BCUT2D eigenvalue weighted by molar-refractivity contribution is 0.312. The molecule has 1 saturated heterocycles. The Bertz CT molecular complexity index is 664. The number of nitrogens with zero attached hydrogens (tertiary/aromatic N) is 5. The summed E-state index contributed by atoms with van der Waals surface area (Å²) in [6.07, 6.45) is 2.71. The normalized spacial score (nSPS) is 15.7. The molecule has 2 aromatic rings. The number of aromatic nitrogens is 3. The fourth-order valence-electron chi connectivity index (χ4n) is 2.85. The third kappa shape index (κ3) is 3.59. The maximum atomic E-state index is 4.66. The Morgan fingerprint density at radius 3 is 2.70 bits per heavy atom. The number of para-hydroxylation sites is 1. The van der Waals surface area contributed by atoms with Gasteiger partial charge in [-0.25, -0.2) is 0 Å². The Morgan fingerprint density at radius 1 is 1.17 bits per heavy atom. The van der Waals surface area contributed by atoms with Crippen LogP contribution in [0.25, 0.3) is 0 Å². The number of likely N-dealkylation sites (N-methyl/N-ethyl adjacent to an activating group) is 1. The van der Waals surface area contributed by atoms with E-state index in [0.29, 0.717) is 5.95 Å². The molecule has 23 heavy (non-hydrogen) atoms. The van der Waals surface area contributed by atoms with Gasteiger partial charge in [-0.2, -0.15) is 10.1 Å². The fraction of sp³-hybridized carbons (Fsp3) is 0.471. The van der Waals surface area contributed by atoms with E-state index in [9.17, 15) is 0 Å². The average Bonchev–Trinajstić information content (AvgIpc) is 2.57. The smallest absolute Gasteiger partial charge is 0.249 e. The molecule has 122 valence electrons. The van der Waals surface area contributed by atoms with Gasteiger partial charge in [0.05, 0.1) is 6.20 Å². The van der Waals surface area contributed by atoms with Gasteiger partial charge in [-0.3, -0.25) is 0 Å². The summed E-state index contributed by atoms with van der Waals surface area (Å²) in [6, 6.07) is 6.31. The summed E-state index contributed by atoms with van der Waals surface area (Å²) in [6.45, 7) is 8.28. The molecule has 1 aromatic carbocycles. The van der Waals surface area contributed by atoms with Crippen LogP contribution in [0, 0.1) is 6.92 Å². The fourth-order valence-corrected chi connectivity index (χ4v) is 2.85. The van der Waals surface area contributed by atoms with Crippen LogP contribution < -0.4 is 10.2 Å². The van der Waals surface area contributed by atoms with Crippen molar-refractivity contribution < 1.29 is 0 Å². The van der Waals surface area contributed by atoms with Crippen molar-refractivity contribution in [1.29, 1.82) is 0 Å². The number of aryl methyl sites for hydroxylation is 2. The minimum absolute atomic E-state index is 0.561. The Kier molecular flexibility index (Phi) is 4.71. The van der Waals surface area contributed by atoms with Gasteiger partial charge in [-0.05, 0) is 31.5 Å². The molecule has 1 N–H and O–H groups in total. The van der Waals surface area contributed by atoms with E-state index in [0.717, 1.165) is 44.1 Å². The predicted octanol–water partition coefficient (Wildman–Crippen LogP) is 2.24. The summed E-state index contributed by atoms with van der Waals surface area (Å²) in [5, 5.41) is 11.6. The molecule has 1 fully saturated rings. The third-order valence-electron chi connectivity index (χ3n) is 4.35. The first kappa shape index (κ1) is 15.7. The van der Waals surface area contributed by atoms with Crippen LogP contribution in [0.5, 0.6) is 0 Å². The summed E-state index contributed by atoms with van der Waals surface area (Å²) in [5.74, 6) is 1.45. The second-order valence-corrected chi connectivity index (χ2v) is 6.02. The molecular formula is C17H24N6. The lowest BCUT2D eigenvalue weighted by Crippen LogP contribution is -2.44. The molecule has 1 aromatic heterocycles. The summed E-state index contributed by atoms with van der Waals surface area (Å²) >= 11 is 0. The molecule has 1 aliphatic rings. The monoisotopic (exact) mass is 312 g/mol. The Morgan fingerprint density at radius 2 is 1.96 bits per heavy atom. The van der Waals surface area contributed by atoms with Crippen molar-refractivity contribution in [3.8, 4) is 0 Å². The van der Waals surface area contributed by atoms with Crippen LogP contribution in [-0.2, 0) is 6.42 Å². The standard InChI is InChI=1S/C17H24N6/c1-4-14-7-5-6-13(2)16(14)20-17-19-15(12-18-21-17)23-10-8-22(3)9-11-23/h5-7,12H,4,8-11H2,1-3H3,(H,19,20,21). The van der Waals surface area contributed by atoms with Crippen LogP contribution >= 0.6 is 0 Å². The van der Waals surface area contributed by atoms with Crippen molar-refractivity contribution in [2.75, 3.05) is 43.4 Å². The van der Waals surface area contributed by atoms with Gasteiger partial charge in [0.1, 0.15) is 0 Å². The van der Waals surface area contributed by atoms with Crippen LogP contribution in [0.4, 0.5) is 17.5 Å². The first-order valence-corrected chi connectivity index (χ1v) is 8.16. The average molecular weight is 312 g/mol. The van der Waals surface area contributed by atoms with Gasteiger partial charge in [0.15, 0.2) is 5.82 Å². The highest BCUT2D eigenvalue weighted by Crippen LogP contribution is 2.24. The molecule has 2 heterocycles. The van der Waals surface area contributed by atoms with E-state index in [2.05, 4.69) is 69.4 Å². The second-order valence-electron chi connectivity index (χ2n) is 6.02. The van der Waals surface area contributed by atoms with Crippen molar-refractivity contribution in [2.45, 2.75) is 20.3 Å².